The number of halogens is 1. The van der Waals surface area contributed by atoms with Crippen LogP contribution in [0.4, 0.5) is 4.39 Å². The van der Waals surface area contributed by atoms with E-state index >= 15 is 0 Å². The van der Waals surface area contributed by atoms with E-state index in [9.17, 15) is 9.18 Å². The van der Waals surface area contributed by atoms with Crippen LogP contribution in [0.5, 0.6) is 0 Å². The molecule has 0 aromatic heterocycles. The van der Waals surface area contributed by atoms with E-state index in [2.05, 4.69) is 4.90 Å². The minimum Gasteiger partial charge on any atom is -0.480 e. The maximum absolute atomic E-state index is 12.8. The minimum absolute atomic E-state index is 0.115. The highest BCUT2D eigenvalue weighted by Gasteiger charge is 2.16. The van der Waals surface area contributed by atoms with E-state index in [1.54, 1.807) is 12.1 Å². The molecule has 4 nitrogen and oxygen atoms in total. The van der Waals surface area contributed by atoms with Crippen molar-refractivity contribution in [1.29, 1.82) is 0 Å². The molecule has 0 bridgehead atoms. The van der Waals surface area contributed by atoms with Crippen LogP contribution in [0.3, 0.4) is 0 Å². The Balaban J connectivity index is 1.85. The lowest BCUT2D eigenvalue weighted by Gasteiger charge is -2.20. The van der Waals surface area contributed by atoms with Crippen molar-refractivity contribution in [2.24, 2.45) is 0 Å². The second-order valence-corrected chi connectivity index (χ2v) is 4.93. The molecule has 1 fully saturated rings. The molecule has 0 unspecified atom stereocenters. The molecule has 19 heavy (non-hydrogen) atoms. The first-order valence-electron chi connectivity index (χ1n) is 6.54. The Morgan fingerprint density at radius 2 is 1.74 bits per heavy atom. The molecular weight excluding hydrogens is 247 g/mol. The second-order valence-electron chi connectivity index (χ2n) is 4.93. The van der Waals surface area contributed by atoms with Crippen LogP contribution in [0.15, 0.2) is 24.3 Å². The van der Waals surface area contributed by atoms with Crippen LogP contribution < -0.4 is 0 Å². The van der Waals surface area contributed by atoms with Gasteiger partial charge >= 0.3 is 5.97 Å². The molecule has 0 aliphatic carbocycles. The smallest absolute Gasteiger partial charge is 0.317 e. The fourth-order valence-electron chi connectivity index (χ4n) is 2.38. The van der Waals surface area contributed by atoms with E-state index < -0.39 is 5.97 Å². The Labute approximate surface area is 112 Å². The molecule has 1 N–H and O–H groups in total. The van der Waals surface area contributed by atoms with Crippen molar-refractivity contribution < 1.29 is 14.3 Å². The average Bonchev–Trinajstić information content (AvgIpc) is 2.57. The largest absolute Gasteiger partial charge is 0.480 e. The van der Waals surface area contributed by atoms with Crippen LogP contribution in [0.25, 0.3) is 0 Å². The quantitative estimate of drug-likeness (QED) is 0.895. The summed E-state index contributed by atoms with van der Waals surface area (Å²) in [6, 6.07) is 6.55. The molecule has 2 rings (SSSR count). The standard InChI is InChI=1S/C14H19FN2O2/c15-13-4-2-12(3-5-13)10-16-6-1-7-17(9-8-16)11-14(18)19/h2-5H,1,6-11H2,(H,18,19). The van der Waals surface area contributed by atoms with Gasteiger partial charge in [0.25, 0.3) is 0 Å². The number of hydrogen-bond donors (Lipinski definition) is 1. The summed E-state index contributed by atoms with van der Waals surface area (Å²) in [5, 5.41) is 8.79. The van der Waals surface area contributed by atoms with E-state index in [0.717, 1.165) is 44.7 Å². The summed E-state index contributed by atoms with van der Waals surface area (Å²) in [4.78, 5) is 14.9. The second kappa shape index (κ2) is 6.63. The molecule has 0 atom stereocenters. The van der Waals surface area contributed by atoms with Gasteiger partial charge in [-0.25, -0.2) is 4.39 Å². The van der Waals surface area contributed by atoms with Crippen molar-refractivity contribution in [1.82, 2.24) is 9.80 Å². The third kappa shape index (κ3) is 4.61. The van der Waals surface area contributed by atoms with Crippen LogP contribution in [0, 0.1) is 5.82 Å². The van der Waals surface area contributed by atoms with Gasteiger partial charge in [-0.15, -0.1) is 0 Å². The number of benzene rings is 1. The molecule has 0 spiro atoms. The zero-order valence-corrected chi connectivity index (χ0v) is 10.9. The Hall–Kier alpha value is -1.46. The number of nitrogens with zero attached hydrogens (tertiary/aromatic N) is 2. The fraction of sp³-hybridized carbons (Fsp3) is 0.500. The first kappa shape index (κ1) is 14.0. The summed E-state index contributed by atoms with van der Waals surface area (Å²) in [5.74, 6) is -0.987. The molecule has 1 aliphatic rings. The topological polar surface area (TPSA) is 43.8 Å². The lowest BCUT2D eigenvalue weighted by molar-refractivity contribution is -0.138. The summed E-state index contributed by atoms with van der Waals surface area (Å²) < 4.78 is 12.8. The van der Waals surface area contributed by atoms with E-state index in [-0.39, 0.29) is 12.4 Å². The zero-order chi connectivity index (χ0) is 13.7. The monoisotopic (exact) mass is 266 g/mol. The fourth-order valence-corrected chi connectivity index (χ4v) is 2.38. The summed E-state index contributed by atoms with van der Waals surface area (Å²) >= 11 is 0. The van der Waals surface area contributed by atoms with Gasteiger partial charge in [-0.05, 0) is 30.7 Å². The first-order chi connectivity index (χ1) is 9.13. The maximum Gasteiger partial charge on any atom is 0.317 e. The number of hydrogen-bond acceptors (Lipinski definition) is 3. The van der Waals surface area contributed by atoms with Gasteiger partial charge in [-0.2, -0.15) is 0 Å². The van der Waals surface area contributed by atoms with Crippen molar-refractivity contribution in [3.8, 4) is 0 Å². The van der Waals surface area contributed by atoms with Gasteiger partial charge in [0.15, 0.2) is 0 Å². The van der Waals surface area contributed by atoms with Gasteiger partial charge in [0.1, 0.15) is 5.82 Å². The molecule has 0 amide bonds. The highest BCUT2D eigenvalue weighted by molar-refractivity contribution is 5.69. The lowest BCUT2D eigenvalue weighted by atomic mass is 10.2. The third-order valence-electron chi connectivity index (χ3n) is 3.36. The van der Waals surface area contributed by atoms with Crippen LogP contribution in [0.2, 0.25) is 0 Å². The van der Waals surface area contributed by atoms with E-state index in [0.29, 0.717) is 0 Å². The molecule has 1 saturated heterocycles. The first-order valence-corrected chi connectivity index (χ1v) is 6.54. The molecular formula is C14H19FN2O2. The predicted octanol–water partition coefficient (Wildman–Crippen LogP) is 1.42. The third-order valence-corrected chi connectivity index (χ3v) is 3.36. The summed E-state index contributed by atoms with van der Waals surface area (Å²) in [7, 11) is 0. The Morgan fingerprint density at radius 3 is 2.42 bits per heavy atom. The highest BCUT2D eigenvalue weighted by atomic mass is 19.1. The van der Waals surface area contributed by atoms with Crippen molar-refractivity contribution in [2.45, 2.75) is 13.0 Å². The molecule has 1 aromatic rings. The van der Waals surface area contributed by atoms with Gasteiger partial charge in [0.2, 0.25) is 0 Å². The van der Waals surface area contributed by atoms with Crippen LogP contribution >= 0.6 is 0 Å². The Kier molecular flexibility index (Phi) is 4.87. The SMILES string of the molecule is O=C(O)CN1CCCN(Cc2ccc(F)cc2)CC1. The van der Waals surface area contributed by atoms with Crippen LogP contribution in [-0.4, -0.2) is 53.6 Å². The number of aliphatic carboxylic acids is 1. The number of carboxylic acid groups (broad SMARTS) is 1. The van der Waals surface area contributed by atoms with Crippen molar-refractivity contribution >= 4 is 5.97 Å². The molecule has 1 aliphatic heterocycles. The highest BCUT2D eigenvalue weighted by Crippen LogP contribution is 2.10. The summed E-state index contributed by atoms with van der Waals surface area (Å²) in [6.07, 6.45) is 0.967. The van der Waals surface area contributed by atoms with E-state index in [1.807, 2.05) is 4.90 Å². The van der Waals surface area contributed by atoms with Gasteiger partial charge < -0.3 is 5.11 Å². The molecule has 1 heterocycles. The van der Waals surface area contributed by atoms with Gasteiger partial charge in [-0.1, -0.05) is 12.1 Å². The Bertz CT molecular complexity index is 422. The summed E-state index contributed by atoms with van der Waals surface area (Å²) in [5.41, 5.74) is 1.09. The normalized spacial score (nSPS) is 18.2. The number of carboxylic acids is 1. The van der Waals surface area contributed by atoms with Crippen LogP contribution in [-0.2, 0) is 11.3 Å². The molecule has 5 heteroatoms. The zero-order valence-electron chi connectivity index (χ0n) is 10.9. The maximum atomic E-state index is 12.8. The molecule has 0 saturated carbocycles. The molecule has 104 valence electrons. The summed E-state index contributed by atoms with van der Waals surface area (Å²) in [6.45, 7) is 4.31. The molecule has 1 aromatic carbocycles. The van der Waals surface area contributed by atoms with E-state index in [4.69, 9.17) is 5.11 Å². The van der Waals surface area contributed by atoms with Crippen LogP contribution in [0.1, 0.15) is 12.0 Å². The lowest BCUT2D eigenvalue weighted by Crippen LogP contribution is -2.34. The van der Waals surface area contributed by atoms with E-state index in [1.165, 1.54) is 12.1 Å². The predicted molar refractivity (Wildman–Crippen MR) is 70.4 cm³/mol. The van der Waals surface area contributed by atoms with Gasteiger partial charge in [0, 0.05) is 26.2 Å². The average molecular weight is 266 g/mol. The van der Waals surface area contributed by atoms with Gasteiger partial charge in [0.05, 0.1) is 6.54 Å². The Morgan fingerprint density at radius 1 is 1.11 bits per heavy atom. The minimum atomic E-state index is -0.771. The molecule has 0 radical (unpaired) electrons. The number of carbonyl (C=O) groups is 1. The van der Waals surface area contributed by atoms with Crippen molar-refractivity contribution in [2.75, 3.05) is 32.7 Å². The van der Waals surface area contributed by atoms with Gasteiger partial charge in [-0.3, -0.25) is 14.6 Å². The van der Waals surface area contributed by atoms with Crippen molar-refractivity contribution in [3.63, 3.8) is 0 Å². The number of rotatable bonds is 4. The van der Waals surface area contributed by atoms with Crippen molar-refractivity contribution in [3.05, 3.63) is 35.6 Å².